The average Bonchev–Trinajstić information content (AvgIpc) is 3.31. The first-order valence-corrected chi connectivity index (χ1v) is 29.3. The molecule has 0 aliphatic heterocycles. The van der Waals surface area contributed by atoms with Crippen molar-refractivity contribution in [1.29, 1.82) is 0 Å². The molecule has 0 bridgehead atoms. The Hall–Kier alpha value is -2.11. The molecule has 0 N–H and O–H groups in total. The maximum atomic E-state index is 12.8. The molecule has 0 aliphatic rings. The van der Waals surface area contributed by atoms with Crippen LogP contribution in [0.3, 0.4) is 0 Å². The molecule has 0 spiro atoms. The van der Waals surface area contributed by atoms with Crippen molar-refractivity contribution in [3.63, 3.8) is 0 Å². The van der Waals surface area contributed by atoms with Gasteiger partial charge >= 0.3 is 17.9 Å². The largest absolute Gasteiger partial charge is 0.462 e. The minimum Gasteiger partial charge on any atom is -0.462 e. The third-order valence-corrected chi connectivity index (χ3v) is 13.2. The predicted octanol–water partition coefficient (Wildman–Crippen LogP) is 19.5. The van der Waals surface area contributed by atoms with Crippen molar-refractivity contribution < 1.29 is 28.6 Å². The summed E-state index contributed by atoms with van der Waals surface area (Å²) in [5.74, 6) is -0.879. The standard InChI is InChI=1S/C60H112O6/c1-4-7-10-13-16-19-22-25-28-30-31-33-35-38-41-44-47-50-53-59(62)65-56-57(55-64-58(61)52-49-46-43-40-37-34-27-24-21-18-15-12-9-6-3)66-60(63)54-51-48-45-42-39-36-32-29-26-23-20-17-14-11-8-5-2/h29,32,34,37,57H,4-28,30-31,33,35-36,38-56H2,1-3H3/b32-29-,37-34-. The Labute approximate surface area is 411 Å². The van der Waals surface area contributed by atoms with Gasteiger partial charge in [0.15, 0.2) is 6.10 Å². The Kier molecular flexibility index (Phi) is 53.7. The first kappa shape index (κ1) is 63.9. The summed E-state index contributed by atoms with van der Waals surface area (Å²) in [6.45, 7) is 6.66. The zero-order valence-electron chi connectivity index (χ0n) is 44.5. The number of carbonyl (C=O) groups is 3. The third-order valence-electron chi connectivity index (χ3n) is 13.2. The topological polar surface area (TPSA) is 78.9 Å². The van der Waals surface area contributed by atoms with Gasteiger partial charge in [-0.05, 0) is 70.6 Å². The van der Waals surface area contributed by atoms with E-state index in [-0.39, 0.29) is 31.1 Å². The predicted molar refractivity (Wildman–Crippen MR) is 284 cm³/mol. The van der Waals surface area contributed by atoms with E-state index >= 15 is 0 Å². The molecule has 0 aromatic rings. The summed E-state index contributed by atoms with van der Waals surface area (Å²) in [6.07, 6.45) is 64.5. The van der Waals surface area contributed by atoms with Gasteiger partial charge in [-0.1, -0.05) is 257 Å². The SMILES string of the molecule is CCCCCCCCC/C=C\CCCCCCCC(=O)OC(COC(=O)CCCCC/C=C\CCCCCCCCC)COC(=O)CCCCCCCCCCCCCCCCCCCC. The molecule has 0 aromatic carbocycles. The van der Waals surface area contributed by atoms with Crippen LogP contribution in [-0.2, 0) is 28.6 Å². The summed E-state index contributed by atoms with van der Waals surface area (Å²) < 4.78 is 16.9. The van der Waals surface area contributed by atoms with Gasteiger partial charge in [-0.25, -0.2) is 0 Å². The lowest BCUT2D eigenvalue weighted by Gasteiger charge is -2.18. The van der Waals surface area contributed by atoms with Gasteiger partial charge in [0.2, 0.25) is 0 Å². The monoisotopic (exact) mass is 929 g/mol. The van der Waals surface area contributed by atoms with E-state index in [0.717, 1.165) is 77.0 Å². The maximum Gasteiger partial charge on any atom is 0.306 e. The van der Waals surface area contributed by atoms with Crippen LogP contribution < -0.4 is 0 Å². The molecule has 0 heterocycles. The van der Waals surface area contributed by atoms with Crippen molar-refractivity contribution >= 4 is 17.9 Å². The fourth-order valence-corrected chi connectivity index (χ4v) is 8.73. The van der Waals surface area contributed by atoms with E-state index in [1.165, 1.54) is 205 Å². The van der Waals surface area contributed by atoms with E-state index in [1.807, 2.05) is 0 Å². The van der Waals surface area contributed by atoms with Crippen LogP contribution >= 0.6 is 0 Å². The van der Waals surface area contributed by atoms with E-state index in [0.29, 0.717) is 19.3 Å². The molecule has 6 nitrogen and oxygen atoms in total. The minimum absolute atomic E-state index is 0.0748. The Bertz CT molecular complexity index is 1070. The first-order valence-electron chi connectivity index (χ1n) is 29.3. The highest BCUT2D eigenvalue weighted by Crippen LogP contribution is 2.17. The van der Waals surface area contributed by atoms with Gasteiger partial charge < -0.3 is 14.2 Å². The molecule has 1 atom stereocenters. The molecule has 6 heteroatoms. The second-order valence-corrected chi connectivity index (χ2v) is 19.9. The smallest absolute Gasteiger partial charge is 0.306 e. The number of ether oxygens (including phenoxy) is 3. The number of hydrogen-bond donors (Lipinski definition) is 0. The average molecular weight is 930 g/mol. The van der Waals surface area contributed by atoms with E-state index in [2.05, 4.69) is 45.1 Å². The zero-order valence-corrected chi connectivity index (χ0v) is 44.5. The molecule has 0 amide bonds. The molecular weight excluding hydrogens is 817 g/mol. The van der Waals surface area contributed by atoms with Crippen molar-refractivity contribution in [2.24, 2.45) is 0 Å². The first-order chi connectivity index (χ1) is 32.5. The van der Waals surface area contributed by atoms with Crippen molar-refractivity contribution in [2.75, 3.05) is 13.2 Å². The van der Waals surface area contributed by atoms with Gasteiger partial charge in [0.05, 0.1) is 0 Å². The van der Waals surface area contributed by atoms with Gasteiger partial charge in [-0.2, -0.15) is 0 Å². The van der Waals surface area contributed by atoms with E-state index in [1.54, 1.807) is 0 Å². The zero-order chi connectivity index (χ0) is 47.9. The number of allylic oxidation sites excluding steroid dienone is 4. The van der Waals surface area contributed by atoms with Crippen LogP contribution in [0.4, 0.5) is 0 Å². The number of esters is 3. The summed E-state index contributed by atoms with van der Waals surface area (Å²) in [6, 6.07) is 0. The lowest BCUT2D eigenvalue weighted by Crippen LogP contribution is -2.30. The summed E-state index contributed by atoms with van der Waals surface area (Å²) in [5.41, 5.74) is 0. The van der Waals surface area contributed by atoms with Crippen molar-refractivity contribution in [3.8, 4) is 0 Å². The van der Waals surface area contributed by atoms with Crippen LogP contribution in [0.1, 0.15) is 323 Å². The highest BCUT2D eigenvalue weighted by molar-refractivity contribution is 5.71. The highest BCUT2D eigenvalue weighted by atomic mass is 16.6. The molecule has 0 aliphatic carbocycles. The quantitative estimate of drug-likeness (QED) is 0.0262. The second kappa shape index (κ2) is 55.5. The van der Waals surface area contributed by atoms with E-state index < -0.39 is 6.10 Å². The molecule has 66 heavy (non-hydrogen) atoms. The van der Waals surface area contributed by atoms with Gasteiger partial charge in [0.1, 0.15) is 13.2 Å². The summed E-state index contributed by atoms with van der Waals surface area (Å²) in [4.78, 5) is 38.1. The Morgan fingerprint density at radius 2 is 0.500 bits per heavy atom. The van der Waals surface area contributed by atoms with Crippen LogP contribution in [-0.4, -0.2) is 37.2 Å². The van der Waals surface area contributed by atoms with Gasteiger partial charge in [-0.15, -0.1) is 0 Å². The van der Waals surface area contributed by atoms with Crippen molar-refractivity contribution in [2.45, 2.75) is 329 Å². The number of hydrogen-bond acceptors (Lipinski definition) is 6. The second-order valence-electron chi connectivity index (χ2n) is 19.9. The van der Waals surface area contributed by atoms with Crippen LogP contribution in [0, 0.1) is 0 Å². The third kappa shape index (κ3) is 52.9. The summed E-state index contributed by atoms with van der Waals surface area (Å²) in [5, 5.41) is 0. The highest BCUT2D eigenvalue weighted by Gasteiger charge is 2.19. The molecule has 0 saturated carbocycles. The van der Waals surface area contributed by atoms with E-state index in [9.17, 15) is 14.4 Å². The van der Waals surface area contributed by atoms with Gasteiger partial charge in [-0.3, -0.25) is 14.4 Å². The van der Waals surface area contributed by atoms with Crippen molar-refractivity contribution in [3.05, 3.63) is 24.3 Å². The van der Waals surface area contributed by atoms with Crippen LogP contribution in [0.25, 0.3) is 0 Å². The van der Waals surface area contributed by atoms with Crippen LogP contribution in [0.15, 0.2) is 24.3 Å². The molecule has 1 unspecified atom stereocenters. The lowest BCUT2D eigenvalue weighted by atomic mass is 10.0. The fourth-order valence-electron chi connectivity index (χ4n) is 8.73. The Morgan fingerprint density at radius 1 is 0.288 bits per heavy atom. The number of unbranched alkanes of at least 4 members (excludes halogenated alkanes) is 39. The normalized spacial score (nSPS) is 12.1. The number of carbonyl (C=O) groups excluding carboxylic acids is 3. The molecule has 0 fully saturated rings. The van der Waals surface area contributed by atoms with Crippen LogP contribution in [0.5, 0.6) is 0 Å². The van der Waals surface area contributed by atoms with E-state index in [4.69, 9.17) is 14.2 Å². The maximum absolute atomic E-state index is 12.8. The van der Waals surface area contributed by atoms with Crippen LogP contribution in [0.2, 0.25) is 0 Å². The minimum atomic E-state index is -0.778. The summed E-state index contributed by atoms with van der Waals surface area (Å²) >= 11 is 0. The molecule has 0 saturated heterocycles. The molecule has 0 rings (SSSR count). The summed E-state index contributed by atoms with van der Waals surface area (Å²) in [7, 11) is 0. The van der Waals surface area contributed by atoms with Crippen molar-refractivity contribution in [1.82, 2.24) is 0 Å². The number of rotatable bonds is 54. The molecule has 0 radical (unpaired) electrons. The van der Waals surface area contributed by atoms with Gasteiger partial charge in [0.25, 0.3) is 0 Å². The Morgan fingerprint density at radius 3 is 0.773 bits per heavy atom. The Balaban J connectivity index is 4.34. The fraction of sp³-hybridized carbons (Fsp3) is 0.883. The molecule has 0 aromatic heterocycles. The molecule has 388 valence electrons. The lowest BCUT2D eigenvalue weighted by molar-refractivity contribution is -0.167. The molecular formula is C60H112O6. The van der Waals surface area contributed by atoms with Gasteiger partial charge in [0, 0.05) is 19.3 Å².